The summed E-state index contributed by atoms with van der Waals surface area (Å²) < 4.78 is 31.8. The third kappa shape index (κ3) is 4.39. The highest BCUT2D eigenvalue weighted by atomic mass is 32.2. The van der Waals surface area contributed by atoms with Gasteiger partial charge in [0.1, 0.15) is 6.54 Å². The number of nitrogens with zero attached hydrogens (tertiary/aromatic N) is 1. The lowest BCUT2D eigenvalue weighted by Crippen LogP contribution is -2.36. The summed E-state index contributed by atoms with van der Waals surface area (Å²) in [6.07, 6.45) is 0. The van der Waals surface area contributed by atoms with Crippen LogP contribution in [0.5, 0.6) is 0 Å². The molecule has 0 fully saturated rings. The maximum absolute atomic E-state index is 13.0. The van der Waals surface area contributed by atoms with E-state index in [0.717, 1.165) is 15.4 Å². The lowest BCUT2D eigenvalue weighted by Gasteiger charge is -2.24. The van der Waals surface area contributed by atoms with Crippen molar-refractivity contribution < 1.29 is 17.9 Å². The minimum atomic E-state index is -3.88. The number of hydrogen-bond acceptors (Lipinski definition) is 4. The summed E-state index contributed by atoms with van der Waals surface area (Å²) in [5.74, 6) is -0.291. The lowest BCUT2D eigenvalue weighted by atomic mass is 10.0. The van der Waals surface area contributed by atoms with Gasteiger partial charge in [0.15, 0.2) is 0 Å². The number of esters is 1. The summed E-state index contributed by atoms with van der Waals surface area (Å²) in [6.45, 7) is 5.62. The molecule has 0 heterocycles. The van der Waals surface area contributed by atoms with Gasteiger partial charge in [-0.05, 0) is 42.7 Å². The highest BCUT2D eigenvalue weighted by molar-refractivity contribution is 7.92. The normalized spacial score (nSPS) is 11.4. The lowest BCUT2D eigenvalue weighted by molar-refractivity contribution is -0.138. The number of hydrogen-bond donors (Lipinski definition) is 0. The maximum atomic E-state index is 13.0. The second-order valence-corrected chi connectivity index (χ2v) is 8.01. The molecule has 0 saturated carbocycles. The van der Waals surface area contributed by atoms with Gasteiger partial charge in [-0.15, -0.1) is 0 Å². The van der Waals surface area contributed by atoms with Gasteiger partial charge in [-0.1, -0.05) is 43.7 Å². The van der Waals surface area contributed by atoms with E-state index in [2.05, 4.69) is 18.6 Å². The summed E-state index contributed by atoms with van der Waals surface area (Å²) in [5.41, 5.74) is 2.48. The van der Waals surface area contributed by atoms with E-state index < -0.39 is 16.0 Å². The molecule has 0 aliphatic carbocycles. The summed E-state index contributed by atoms with van der Waals surface area (Å²) in [4.78, 5) is 11.9. The van der Waals surface area contributed by atoms with Gasteiger partial charge < -0.3 is 4.74 Å². The molecule has 2 aromatic rings. The number of methoxy groups -OCH3 is 1. The minimum absolute atomic E-state index is 0.134. The molecule has 2 rings (SSSR count). The quantitative estimate of drug-likeness (QED) is 0.739. The molecule has 0 saturated heterocycles. The van der Waals surface area contributed by atoms with E-state index in [9.17, 15) is 13.2 Å². The number of sulfonamides is 1. The van der Waals surface area contributed by atoms with E-state index in [4.69, 9.17) is 0 Å². The van der Waals surface area contributed by atoms with Crippen LogP contribution in [0.25, 0.3) is 0 Å². The number of anilines is 1. The molecule has 5 nitrogen and oxygen atoms in total. The fourth-order valence-electron chi connectivity index (χ4n) is 2.36. The average Bonchev–Trinajstić information content (AvgIpc) is 2.59. The van der Waals surface area contributed by atoms with Crippen LogP contribution in [-0.2, 0) is 19.6 Å². The van der Waals surface area contributed by atoms with Crippen molar-refractivity contribution in [2.24, 2.45) is 0 Å². The number of ether oxygens (including phenoxy) is 1. The predicted molar refractivity (Wildman–Crippen MR) is 98.3 cm³/mol. The summed E-state index contributed by atoms with van der Waals surface area (Å²) in [7, 11) is -2.64. The van der Waals surface area contributed by atoms with Crippen LogP contribution < -0.4 is 4.31 Å². The Morgan fingerprint density at radius 3 is 2.08 bits per heavy atom. The Kier molecular flexibility index (Phi) is 5.85. The van der Waals surface area contributed by atoms with Crippen LogP contribution in [0.2, 0.25) is 0 Å². The molecular weight excluding hydrogens is 338 g/mol. The summed E-state index contributed by atoms with van der Waals surface area (Å²) >= 11 is 0. The largest absolute Gasteiger partial charge is 0.468 e. The van der Waals surface area contributed by atoms with Crippen molar-refractivity contribution in [1.82, 2.24) is 0 Å². The van der Waals surface area contributed by atoms with Crippen molar-refractivity contribution in [1.29, 1.82) is 0 Å². The molecule has 0 atom stereocenters. The number of carbonyl (C=O) groups is 1. The SMILES string of the molecule is COC(=O)CN(c1ccc(C(C)C)cc1)S(=O)(=O)c1ccc(C)cc1. The Balaban J connectivity index is 2.48. The van der Waals surface area contributed by atoms with Crippen LogP contribution in [0.15, 0.2) is 53.4 Å². The van der Waals surface area contributed by atoms with Crippen LogP contribution in [0.1, 0.15) is 30.9 Å². The predicted octanol–water partition coefficient (Wildman–Crippen LogP) is 3.49. The van der Waals surface area contributed by atoms with Crippen molar-refractivity contribution in [3.05, 3.63) is 59.7 Å². The Hall–Kier alpha value is -2.34. The molecule has 2 aromatic carbocycles. The zero-order valence-corrected chi connectivity index (χ0v) is 15.7. The number of carbonyl (C=O) groups excluding carboxylic acids is 1. The van der Waals surface area contributed by atoms with Gasteiger partial charge in [0, 0.05) is 0 Å². The molecule has 0 unspecified atom stereocenters. The standard InChI is InChI=1S/C19H23NO4S/c1-14(2)16-7-9-17(10-8-16)20(13-19(21)24-4)25(22,23)18-11-5-15(3)6-12-18/h5-12,14H,13H2,1-4H3. The van der Waals surface area contributed by atoms with E-state index in [0.29, 0.717) is 11.6 Å². The molecule has 0 aromatic heterocycles. The van der Waals surface area contributed by atoms with Crippen molar-refractivity contribution in [3.8, 4) is 0 Å². The molecule has 25 heavy (non-hydrogen) atoms. The maximum Gasteiger partial charge on any atom is 0.326 e. The first-order chi connectivity index (χ1) is 11.8. The molecule has 0 aliphatic rings. The topological polar surface area (TPSA) is 63.7 Å². The van der Waals surface area contributed by atoms with E-state index >= 15 is 0 Å². The molecule has 134 valence electrons. The third-order valence-electron chi connectivity index (χ3n) is 3.96. The number of aryl methyl sites for hydroxylation is 1. The molecule has 0 N–H and O–H groups in total. The Morgan fingerprint density at radius 2 is 1.60 bits per heavy atom. The van der Waals surface area contributed by atoms with E-state index in [1.807, 2.05) is 19.1 Å². The van der Waals surface area contributed by atoms with Crippen molar-refractivity contribution in [2.45, 2.75) is 31.6 Å². The summed E-state index contributed by atoms with van der Waals surface area (Å²) in [5, 5.41) is 0. The first-order valence-corrected chi connectivity index (χ1v) is 9.46. The zero-order chi connectivity index (χ0) is 18.6. The van der Waals surface area contributed by atoms with Gasteiger partial charge >= 0.3 is 5.97 Å². The second-order valence-electron chi connectivity index (χ2n) is 6.15. The summed E-state index contributed by atoms with van der Waals surface area (Å²) in [6, 6.07) is 13.7. The van der Waals surface area contributed by atoms with Gasteiger partial charge in [0.25, 0.3) is 10.0 Å². The van der Waals surface area contributed by atoms with Gasteiger partial charge in [-0.3, -0.25) is 9.10 Å². The van der Waals surface area contributed by atoms with Crippen molar-refractivity contribution >= 4 is 21.7 Å². The Labute approximate surface area is 149 Å². The smallest absolute Gasteiger partial charge is 0.326 e. The average molecular weight is 361 g/mol. The van der Waals surface area contributed by atoms with Crippen LogP contribution in [0, 0.1) is 6.92 Å². The van der Waals surface area contributed by atoms with E-state index in [-0.39, 0.29) is 11.4 Å². The Bertz CT molecular complexity index is 825. The fourth-order valence-corrected chi connectivity index (χ4v) is 3.77. The molecule has 0 bridgehead atoms. The first kappa shape index (κ1) is 19.0. The first-order valence-electron chi connectivity index (χ1n) is 8.02. The van der Waals surface area contributed by atoms with Gasteiger partial charge in [0.05, 0.1) is 17.7 Å². The van der Waals surface area contributed by atoms with Gasteiger partial charge in [0.2, 0.25) is 0 Å². The van der Waals surface area contributed by atoms with Crippen LogP contribution >= 0.6 is 0 Å². The molecular formula is C19H23NO4S. The number of rotatable bonds is 6. The van der Waals surface area contributed by atoms with Crippen molar-refractivity contribution in [2.75, 3.05) is 18.0 Å². The highest BCUT2D eigenvalue weighted by Gasteiger charge is 2.27. The monoisotopic (exact) mass is 361 g/mol. The molecule has 0 radical (unpaired) electrons. The van der Waals surface area contributed by atoms with E-state index in [1.54, 1.807) is 24.3 Å². The molecule has 6 heteroatoms. The minimum Gasteiger partial charge on any atom is -0.468 e. The fraction of sp³-hybridized carbons (Fsp3) is 0.316. The Morgan fingerprint density at radius 1 is 1.04 bits per heavy atom. The van der Waals surface area contributed by atoms with Crippen LogP contribution in [0.3, 0.4) is 0 Å². The zero-order valence-electron chi connectivity index (χ0n) is 14.9. The van der Waals surface area contributed by atoms with Gasteiger partial charge in [-0.2, -0.15) is 0 Å². The highest BCUT2D eigenvalue weighted by Crippen LogP contribution is 2.26. The van der Waals surface area contributed by atoms with Crippen LogP contribution in [-0.4, -0.2) is 28.0 Å². The van der Waals surface area contributed by atoms with E-state index in [1.165, 1.54) is 19.2 Å². The molecule has 0 amide bonds. The molecule has 0 spiro atoms. The second kappa shape index (κ2) is 7.70. The molecule has 0 aliphatic heterocycles. The van der Waals surface area contributed by atoms with Gasteiger partial charge in [-0.25, -0.2) is 8.42 Å². The van der Waals surface area contributed by atoms with Crippen molar-refractivity contribution in [3.63, 3.8) is 0 Å². The number of benzene rings is 2. The third-order valence-corrected chi connectivity index (χ3v) is 5.75. The van der Waals surface area contributed by atoms with Crippen LogP contribution in [0.4, 0.5) is 5.69 Å².